The van der Waals surface area contributed by atoms with E-state index in [9.17, 15) is 10.2 Å². The fourth-order valence-electron chi connectivity index (χ4n) is 2.58. The Morgan fingerprint density at radius 1 is 0.741 bits per heavy atom. The fourth-order valence-corrected chi connectivity index (χ4v) is 2.75. The van der Waals surface area contributed by atoms with Crippen LogP contribution in [0.2, 0.25) is 0 Å². The van der Waals surface area contributed by atoms with Gasteiger partial charge in [-0.1, -0.05) is 38.1 Å². The van der Waals surface area contributed by atoms with Crippen molar-refractivity contribution in [3.63, 3.8) is 0 Å². The van der Waals surface area contributed by atoms with Gasteiger partial charge in [-0.3, -0.25) is 0 Å². The maximum absolute atomic E-state index is 9.47. The number of benzene rings is 2. The summed E-state index contributed by atoms with van der Waals surface area (Å²) >= 11 is 11.1. The zero-order valence-electron chi connectivity index (χ0n) is 15.6. The van der Waals surface area contributed by atoms with Gasteiger partial charge in [-0.15, -0.1) is 23.2 Å². The van der Waals surface area contributed by atoms with Crippen LogP contribution >= 0.6 is 23.2 Å². The maximum Gasteiger partial charge on any atom is 0.119 e. The first-order valence-corrected chi connectivity index (χ1v) is 9.88. The van der Waals surface area contributed by atoms with E-state index in [1.165, 1.54) is 0 Å². The zero-order chi connectivity index (χ0) is 19.9. The summed E-state index contributed by atoms with van der Waals surface area (Å²) in [7, 11) is 0. The second-order valence-electron chi connectivity index (χ2n) is 6.91. The molecule has 2 aromatic rings. The van der Waals surface area contributed by atoms with Crippen LogP contribution < -0.4 is 9.47 Å². The van der Waals surface area contributed by atoms with Crippen molar-refractivity contribution in [1.82, 2.24) is 0 Å². The van der Waals surface area contributed by atoms with Gasteiger partial charge in [0.15, 0.2) is 0 Å². The summed E-state index contributed by atoms with van der Waals surface area (Å²) in [5, 5.41) is 18.9. The molecule has 2 N–H and O–H groups in total. The molecule has 0 saturated heterocycles. The third-order valence-electron chi connectivity index (χ3n) is 4.39. The van der Waals surface area contributed by atoms with Gasteiger partial charge in [0.2, 0.25) is 0 Å². The normalized spacial score (nSPS) is 13.9. The van der Waals surface area contributed by atoms with E-state index in [0.29, 0.717) is 11.5 Å². The molecule has 148 valence electrons. The van der Waals surface area contributed by atoms with Crippen molar-refractivity contribution in [1.29, 1.82) is 0 Å². The number of rotatable bonds is 10. The van der Waals surface area contributed by atoms with Crippen LogP contribution in [-0.2, 0) is 5.41 Å². The van der Waals surface area contributed by atoms with Crippen LogP contribution in [-0.4, -0.2) is 47.4 Å². The molecule has 6 heteroatoms. The Bertz CT molecular complexity index is 627. The Morgan fingerprint density at radius 3 is 1.37 bits per heavy atom. The molecule has 27 heavy (non-hydrogen) atoms. The first-order chi connectivity index (χ1) is 12.9. The minimum Gasteiger partial charge on any atom is -0.491 e. The Morgan fingerprint density at radius 2 is 1.07 bits per heavy atom. The molecule has 0 fully saturated rings. The minimum absolute atomic E-state index is 0.148. The Labute approximate surface area is 170 Å². The topological polar surface area (TPSA) is 58.9 Å². The highest BCUT2D eigenvalue weighted by Crippen LogP contribution is 2.33. The molecule has 2 aromatic carbocycles. The standard InChI is InChI=1S/C21H26Cl2O4/c1-21(2,15-3-7-19(8-4-15)26-13-17(24)11-22)16-5-9-20(10-6-16)27-14-18(25)12-23/h3-10,17-18,24-25H,11-14H2,1-2H3/t17-,18-/m1/s1. The third kappa shape index (κ3) is 6.28. The van der Waals surface area contributed by atoms with Crippen molar-refractivity contribution in [3.05, 3.63) is 59.7 Å². The number of alkyl halides is 2. The number of hydrogen-bond acceptors (Lipinski definition) is 4. The summed E-state index contributed by atoms with van der Waals surface area (Å²) < 4.78 is 11.0. The molecule has 0 aliphatic rings. The minimum atomic E-state index is -0.672. The van der Waals surface area contributed by atoms with Gasteiger partial charge in [0, 0.05) is 5.41 Å². The molecule has 0 heterocycles. The van der Waals surface area contributed by atoms with Gasteiger partial charge in [0.1, 0.15) is 36.9 Å². The lowest BCUT2D eigenvalue weighted by Crippen LogP contribution is -2.20. The molecule has 0 amide bonds. The lowest BCUT2D eigenvalue weighted by Gasteiger charge is -2.26. The Balaban J connectivity index is 2.04. The molecular formula is C21H26Cl2O4. The molecule has 0 aliphatic carbocycles. The van der Waals surface area contributed by atoms with Crippen LogP contribution in [0, 0.1) is 0 Å². The SMILES string of the molecule is CC(C)(c1ccc(OC[C@H](O)CCl)cc1)c1ccc(OC[C@H](O)CCl)cc1. The van der Waals surface area contributed by atoms with Crippen LogP contribution in [0.5, 0.6) is 11.5 Å². The molecule has 2 atom stereocenters. The number of aliphatic hydroxyl groups is 2. The molecule has 0 saturated carbocycles. The average molecular weight is 413 g/mol. The van der Waals surface area contributed by atoms with E-state index >= 15 is 0 Å². The number of ether oxygens (including phenoxy) is 2. The van der Waals surface area contributed by atoms with E-state index in [2.05, 4.69) is 13.8 Å². The zero-order valence-corrected chi connectivity index (χ0v) is 17.1. The molecule has 0 bridgehead atoms. The fraction of sp³-hybridized carbons (Fsp3) is 0.429. The second-order valence-corrected chi connectivity index (χ2v) is 7.53. The predicted molar refractivity (Wildman–Crippen MR) is 109 cm³/mol. The van der Waals surface area contributed by atoms with E-state index in [0.717, 1.165) is 11.1 Å². The molecule has 2 rings (SSSR count). The molecule has 4 nitrogen and oxygen atoms in total. The molecule has 0 spiro atoms. The summed E-state index contributed by atoms with van der Waals surface area (Å²) in [5.41, 5.74) is 2.07. The predicted octanol–water partition coefficient (Wildman–Crippen LogP) is 3.97. The highest BCUT2D eigenvalue weighted by atomic mass is 35.5. The highest BCUT2D eigenvalue weighted by Gasteiger charge is 2.23. The van der Waals surface area contributed by atoms with Crippen LogP contribution in [0.3, 0.4) is 0 Å². The van der Waals surface area contributed by atoms with Crippen LogP contribution in [0.4, 0.5) is 0 Å². The third-order valence-corrected chi connectivity index (χ3v) is 5.11. The van der Waals surface area contributed by atoms with Gasteiger partial charge in [-0.2, -0.15) is 0 Å². The molecule has 0 aliphatic heterocycles. The van der Waals surface area contributed by atoms with Crippen molar-refractivity contribution in [2.24, 2.45) is 0 Å². The van der Waals surface area contributed by atoms with Gasteiger partial charge in [0.05, 0.1) is 11.8 Å². The van der Waals surface area contributed by atoms with Crippen LogP contribution in [0.25, 0.3) is 0 Å². The average Bonchev–Trinajstić information content (AvgIpc) is 2.70. The summed E-state index contributed by atoms with van der Waals surface area (Å²) in [4.78, 5) is 0. The van der Waals surface area contributed by atoms with Gasteiger partial charge >= 0.3 is 0 Å². The largest absolute Gasteiger partial charge is 0.491 e. The molecule has 0 unspecified atom stereocenters. The van der Waals surface area contributed by atoms with Crippen molar-refractivity contribution in [2.45, 2.75) is 31.5 Å². The summed E-state index contributed by atoms with van der Waals surface area (Å²) in [6.07, 6.45) is -1.34. The van der Waals surface area contributed by atoms with Gasteiger partial charge in [-0.25, -0.2) is 0 Å². The Hall–Kier alpha value is -1.46. The Kier molecular flexibility index (Phi) is 8.24. The summed E-state index contributed by atoms with van der Waals surface area (Å²) in [6.45, 7) is 4.64. The van der Waals surface area contributed by atoms with E-state index in [4.69, 9.17) is 32.7 Å². The van der Waals surface area contributed by atoms with Gasteiger partial charge in [0.25, 0.3) is 0 Å². The van der Waals surface area contributed by atoms with Gasteiger partial charge < -0.3 is 19.7 Å². The molecule has 0 aromatic heterocycles. The van der Waals surface area contributed by atoms with Crippen molar-refractivity contribution < 1.29 is 19.7 Å². The van der Waals surface area contributed by atoms with Crippen molar-refractivity contribution in [2.75, 3.05) is 25.0 Å². The number of aliphatic hydroxyl groups excluding tert-OH is 2. The van der Waals surface area contributed by atoms with E-state index in [1.54, 1.807) is 0 Å². The van der Waals surface area contributed by atoms with Crippen molar-refractivity contribution in [3.8, 4) is 11.5 Å². The maximum atomic E-state index is 9.47. The van der Waals surface area contributed by atoms with Gasteiger partial charge in [-0.05, 0) is 35.4 Å². The first kappa shape index (κ1) is 21.8. The number of halogens is 2. The van der Waals surface area contributed by atoms with Crippen molar-refractivity contribution >= 4 is 23.2 Å². The van der Waals surface area contributed by atoms with E-state index < -0.39 is 12.2 Å². The smallest absolute Gasteiger partial charge is 0.119 e. The molecular weight excluding hydrogens is 387 g/mol. The summed E-state index contributed by atoms with van der Waals surface area (Å²) in [6, 6.07) is 15.6. The lowest BCUT2D eigenvalue weighted by atomic mass is 9.78. The first-order valence-electron chi connectivity index (χ1n) is 8.81. The van der Waals surface area contributed by atoms with Crippen LogP contribution in [0.15, 0.2) is 48.5 Å². The highest BCUT2D eigenvalue weighted by molar-refractivity contribution is 6.18. The monoisotopic (exact) mass is 412 g/mol. The van der Waals surface area contributed by atoms with E-state index in [1.807, 2.05) is 48.5 Å². The van der Waals surface area contributed by atoms with E-state index in [-0.39, 0.29) is 30.4 Å². The quantitative estimate of drug-likeness (QED) is 0.579. The second kappa shape index (κ2) is 10.2. The van der Waals surface area contributed by atoms with Crippen LogP contribution in [0.1, 0.15) is 25.0 Å². The summed E-state index contributed by atoms with van der Waals surface area (Å²) in [5.74, 6) is 1.69. The number of hydrogen-bond donors (Lipinski definition) is 2. The lowest BCUT2D eigenvalue weighted by molar-refractivity contribution is 0.125. The molecule has 0 radical (unpaired) electrons.